The smallest absolute Gasteiger partial charge is 0.308 e. The van der Waals surface area contributed by atoms with Crippen molar-refractivity contribution in [3.05, 3.63) is 52.0 Å². The average Bonchev–Trinajstić information content (AvgIpc) is 3.02. The number of nitrogens with one attached hydrogen (secondary N) is 2. The summed E-state index contributed by atoms with van der Waals surface area (Å²) >= 11 is 3.42. The van der Waals surface area contributed by atoms with Crippen molar-refractivity contribution in [1.29, 1.82) is 0 Å². The molecule has 0 aromatic heterocycles. The Morgan fingerprint density at radius 2 is 1.81 bits per heavy atom. The highest BCUT2D eigenvalue weighted by atomic mass is 79.9. The maximum atomic E-state index is 12.2. The Balaban J connectivity index is 1.76. The van der Waals surface area contributed by atoms with Gasteiger partial charge in [0.2, 0.25) is 10.0 Å². The summed E-state index contributed by atoms with van der Waals surface area (Å²) in [5, 5.41) is 5.54. The van der Waals surface area contributed by atoms with E-state index in [1.165, 1.54) is 4.31 Å². The number of hydrogen-bond donors (Lipinski definition) is 2. The number of fused-ring (bicyclic) bond motifs is 1. The number of benzene rings is 2. The molecular formula is C18H20BrN3O3S. The van der Waals surface area contributed by atoms with E-state index in [0.717, 1.165) is 15.6 Å². The van der Waals surface area contributed by atoms with Gasteiger partial charge >= 0.3 is 6.03 Å². The maximum absolute atomic E-state index is 12.2. The number of sulfonamides is 1. The van der Waals surface area contributed by atoms with Gasteiger partial charge in [-0.3, -0.25) is 4.31 Å². The summed E-state index contributed by atoms with van der Waals surface area (Å²) in [6, 6.07) is 10.5. The van der Waals surface area contributed by atoms with E-state index < -0.39 is 10.0 Å². The van der Waals surface area contributed by atoms with Gasteiger partial charge in [0.15, 0.2) is 0 Å². The zero-order chi connectivity index (χ0) is 18.9. The number of nitrogens with zero attached hydrogens (tertiary/aromatic N) is 1. The van der Waals surface area contributed by atoms with E-state index >= 15 is 0 Å². The van der Waals surface area contributed by atoms with Gasteiger partial charge < -0.3 is 10.6 Å². The fourth-order valence-corrected chi connectivity index (χ4v) is 4.29. The number of carbonyl (C=O) groups excluding carboxylic acids is 1. The molecule has 8 heteroatoms. The molecule has 0 saturated carbocycles. The molecule has 2 amide bonds. The van der Waals surface area contributed by atoms with E-state index in [1.807, 2.05) is 25.1 Å². The van der Waals surface area contributed by atoms with Gasteiger partial charge in [-0.1, -0.05) is 22.0 Å². The number of aryl methyl sites for hydroxylation is 1. The number of halogens is 1. The zero-order valence-corrected chi connectivity index (χ0v) is 16.9. The van der Waals surface area contributed by atoms with Crippen LogP contribution in [0, 0.1) is 6.92 Å². The molecule has 0 spiro atoms. The Labute approximate surface area is 161 Å². The van der Waals surface area contributed by atoms with Gasteiger partial charge in [-0.25, -0.2) is 13.2 Å². The minimum Gasteiger partial charge on any atom is -0.308 e. The molecule has 0 aliphatic carbocycles. The molecule has 0 atom stereocenters. The number of urea groups is 1. The topological polar surface area (TPSA) is 78.5 Å². The van der Waals surface area contributed by atoms with E-state index in [1.54, 1.807) is 25.1 Å². The molecular weight excluding hydrogens is 418 g/mol. The largest absolute Gasteiger partial charge is 0.323 e. The van der Waals surface area contributed by atoms with Crippen LogP contribution in [0.2, 0.25) is 0 Å². The lowest BCUT2D eigenvalue weighted by Gasteiger charge is -2.19. The maximum Gasteiger partial charge on any atom is 0.323 e. The molecule has 138 valence electrons. The summed E-state index contributed by atoms with van der Waals surface area (Å²) < 4.78 is 26.8. The quantitative estimate of drug-likeness (QED) is 0.754. The Morgan fingerprint density at radius 1 is 1.15 bits per heavy atom. The SMILES string of the molecule is CCS(=O)(=O)N1CCc2ccc(NC(=O)Nc3ccc(Br)c(C)c3)cc21. The Bertz CT molecular complexity index is 960. The third-order valence-corrected chi connectivity index (χ3v) is 6.98. The summed E-state index contributed by atoms with van der Waals surface area (Å²) in [6.45, 7) is 4.01. The zero-order valence-electron chi connectivity index (χ0n) is 14.5. The van der Waals surface area contributed by atoms with Crippen molar-refractivity contribution in [2.75, 3.05) is 27.2 Å². The molecule has 6 nitrogen and oxygen atoms in total. The molecule has 1 aliphatic rings. The Morgan fingerprint density at radius 3 is 2.46 bits per heavy atom. The lowest BCUT2D eigenvalue weighted by Crippen LogP contribution is -2.30. The van der Waals surface area contributed by atoms with Crippen LogP contribution in [0.15, 0.2) is 40.9 Å². The fourth-order valence-electron chi connectivity index (χ4n) is 2.89. The molecule has 2 aromatic carbocycles. The molecule has 0 unspecified atom stereocenters. The van der Waals surface area contributed by atoms with Crippen molar-refractivity contribution >= 4 is 49.0 Å². The van der Waals surface area contributed by atoms with E-state index in [0.29, 0.717) is 30.0 Å². The van der Waals surface area contributed by atoms with Gasteiger partial charge in [0.1, 0.15) is 0 Å². The molecule has 1 aliphatic heterocycles. The molecule has 26 heavy (non-hydrogen) atoms. The predicted octanol–water partition coefficient (Wildman–Crippen LogP) is 4.11. The Kier molecular flexibility index (Phi) is 5.24. The first-order chi connectivity index (χ1) is 12.3. The normalized spacial score (nSPS) is 13.4. The molecule has 0 radical (unpaired) electrons. The van der Waals surface area contributed by atoms with Gasteiger partial charge in [-0.2, -0.15) is 0 Å². The van der Waals surface area contributed by atoms with Crippen LogP contribution in [0.5, 0.6) is 0 Å². The lowest BCUT2D eigenvalue weighted by molar-refractivity contribution is 0.262. The molecule has 2 N–H and O–H groups in total. The van der Waals surface area contributed by atoms with Crippen LogP contribution in [0.3, 0.4) is 0 Å². The fraction of sp³-hybridized carbons (Fsp3) is 0.278. The van der Waals surface area contributed by atoms with Crippen molar-refractivity contribution in [3.63, 3.8) is 0 Å². The second-order valence-corrected chi connectivity index (χ2v) is 9.15. The van der Waals surface area contributed by atoms with Crippen molar-refractivity contribution in [3.8, 4) is 0 Å². The Hall–Kier alpha value is -2.06. The molecule has 0 fully saturated rings. The van der Waals surface area contributed by atoms with E-state index in [4.69, 9.17) is 0 Å². The summed E-state index contributed by atoms with van der Waals surface area (Å²) in [6.07, 6.45) is 0.680. The minimum absolute atomic E-state index is 0.0491. The van der Waals surface area contributed by atoms with Gasteiger partial charge in [-0.05, 0) is 61.7 Å². The van der Waals surface area contributed by atoms with E-state index in [9.17, 15) is 13.2 Å². The third-order valence-electron chi connectivity index (χ3n) is 4.31. The summed E-state index contributed by atoms with van der Waals surface area (Å²) in [7, 11) is -3.31. The van der Waals surface area contributed by atoms with Gasteiger partial charge in [-0.15, -0.1) is 0 Å². The highest BCUT2D eigenvalue weighted by Gasteiger charge is 2.28. The second-order valence-electron chi connectivity index (χ2n) is 6.11. The number of anilines is 3. The first-order valence-electron chi connectivity index (χ1n) is 8.27. The van der Waals surface area contributed by atoms with Crippen LogP contribution >= 0.6 is 15.9 Å². The first-order valence-corrected chi connectivity index (χ1v) is 10.7. The van der Waals surface area contributed by atoms with E-state index in [2.05, 4.69) is 26.6 Å². The number of rotatable bonds is 4. The van der Waals surface area contributed by atoms with Gasteiger partial charge in [0.05, 0.1) is 11.4 Å². The highest BCUT2D eigenvalue weighted by Crippen LogP contribution is 2.33. The van der Waals surface area contributed by atoms with E-state index in [-0.39, 0.29) is 11.8 Å². The minimum atomic E-state index is -3.31. The number of amides is 2. The molecule has 0 bridgehead atoms. The van der Waals surface area contributed by atoms with Crippen molar-refractivity contribution < 1.29 is 13.2 Å². The molecule has 0 saturated heterocycles. The molecule has 1 heterocycles. The summed E-state index contributed by atoms with van der Waals surface area (Å²) in [5.74, 6) is 0.0491. The van der Waals surface area contributed by atoms with Crippen LogP contribution in [0.1, 0.15) is 18.1 Å². The third kappa shape index (κ3) is 3.86. The van der Waals surface area contributed by atoms with Crippen LogP contribution in [-0.4, -0.2) is 26.7 Å². The van der Waals surface area contributed by atoms with Gasteiger partial charge in [0.25, 0.3) is 0 Å². The second kappa shape index (κ2) is 7.28. The standard InChI is InChI=1S/C18H20BrN3O3S/c1-3-26(24,25)22-9-8-13-4-5-15(11-17(13)22)21-18(23)20-14-6-7-16(19)12(2)10-14/h4-7,10-11H,3,8-9H2,1-2H3,(H2,20,21,23). The molecule has 2 aromatic rings. The van der Waals surface area contributed by atoms with Crippen molar-refractivity contribution in [1.82, 2.24) is 0 Å². The summed E-state index contributed by atoms with van der Waals surface area (Å²) in [5.41, 5.74) is 3.86. The lowest BCUT2D eigenvalue weighted by atomic mass is 10.1. The number of carbonyl (C=O) groups is 1. The highest BCUT2D eigenvalue weighted by molar-refractivity contribution is 9.10. The molecule has 3 rings (SSSR count). The average molecular weight is 438 g/mol. The number of hydrogen-bond acceptors (Lipinski definition) is 3. The van der Waals surface area contributed by atoms with Crippen molar-refractivity contribution in [2.24, 2.45) is 0 Å². The summed E-state index contributed by atoms with van der Waals surface area (Å²) in [4.78, 5) is 12.2. The first kappa shape index (κ1) is 18.7. The van der Waals surface area contributed by atoms with Crippen LogP contribution in [-0.2, 0) is 16.4 Å². The predicted molar refractivity (Wildman–Crippen MR) is 108 cm³/mol. The van der Waals surface area contributed by atoms with Crippen LogP contribution < -0.4 is 14.9 Å². The van der Waals surface area contributed by atoms with Gasteiger partial charge in [0, 0.05) is 22.4 Å². The van der Waals surface area contributed by atoms with Crippen molar-refractivity contribution in [2.45, 2.75) is 20.3 Å². The monoisotopic (exact) mass is 437 g/mol. The van der Waals surface area contributed by atoms with Crippen LogP contribution in [0.25, 0.3) is 0 Å². The van der Waals surface area contributed by atoms with Crippen LogP contribution in [0.4, 0.5) is 21.9 Å².